The number of hydrogen-bond acceptors (Lipinski definition) is 10. The number of rotatable bonds is 10. The minimum atomic E-state index is -4.49. The number of aliphatic hydroxyl groups is 1. The van der Waals surface area contributed by atoms with Gasteiger partial charge in [-0.15, -0.1) is 0 Å². The highest BCUT2D eigenvalue weighted by Gasteiger charge is 2.60. The summed E-state index contributed by atoms with van der Waals surface area (Å²) in [6, 6.07) is 12.0. The highest BCUT2D eigenvalue weighted by molar-refractivity contribution is 7.52. The summed E-state index contributed by atoms with van der Waals surface area (Å²) in [5.41, 5.74) is 4.30. The average Bonchev–Trinajstić information content (AvgIpc) is 3.10. The van der Waals surface area contributed by atoms with Gasteiger partial charge in [0.2, 0.25) is 6.23 Å². The molecule has 2 aromatic carbocycles. The maximum atomic E-state index is 14.9. The fourth-order valence-corrected chi connectivity index (χ4v) is 5.45. The molecule has 0 saturated carbocycles. The number of carbonyl (C=O) groups is 1. The Hall–Kier alpha value is -3.42. The van der Waals surface area contributed by atoms with Crippen LogP contribution in [0.5, 0.6) is 5.75 Å². The molecule has 0 spiro atoms. The van der Waals surface area contributed by atoms with Crippen LogP contribution in [0.15, 0.2) is 59.5 Å². The van der Waals surface area contributed by atoms with E-state index in [0.29, 0.717) is 4.57 Å². The van der Waals surface area contributed by atoms with E-state index >= 15 is 0 Å². The molecule has 1 unspecified atom stereocenters. The van der Waals surface area contributed by atoms with E-state index in [1.165, 1.54) is 13.0 Å². The highest BCUT2D eigenvalue weighted by Crippen LogP contribution is 2.48. The Morgan fingerprint density at radius 2 is 1.93 bits per heavy atom. The molecular formula is C25H29F2N4O8P. The van der Waals surface area contributed by atoms with Crippen LogP contribution < -0.4 is 21.0 Å². The van der Waals surface area contributed by atoms with Gasteiger partial charge in [-0.1, -0.05) is 30.3 Å². The van der Waals surface area contributed by atoms with Gasteiger partial charge in [-0.25, -0.2) is 9.36 Å². The molecule has 1 aromatic heterocycles. The van der Waals surface area contributed by atoms with Crippen LogP contribution in [0, 0.1) is 0 Å². The van der Waals surface area contributed by atoms with Gasteiger partial charge in [-0.05, 0) is 49.7 Å². The maximum absolute atomic E-state index is 14.9. The molecule has 4 N–H and O–H groups in total. The van der Waals surface area contributed by atoms with Crippen molar-refractivity contribution in [1.82, 2.24) is 14.6 Å². The summed E-state index contributed by atoms with van der Waals surface area (Å²) in [6.07, 6.45) is -5.97. The Bertz CT molecular complexity index is 1490. The molecule has 1 aliphatic heterocycles. The number of hydrogen-bond donors (Lipinski definition) is 3. The van der Waals surface area contributed by atoms with Crippen LogP contribution in [0.2, 0.25) is 0 Å². The van der Waals surface area contributed by atoms with Gasteiger partial charge in [0, 0.05) is 6.20 Å². The number of benzene rings is 2. The lowest BCUT2D eigenvalue weighted by molar-refractivity contribution is -0.149. The highest BCUT2D eigenvalue weighted by atomic mass is 31.2. The van der Waals surface area contributed by atoms with E-state index in [9.17, 15) is 28.0 Å². The van der Waals surface area contributed by atoms with Crippen molar-refractivity contribution in [3.63, 3.8) is 0 Å². The van der Waals surface area contributed by atoms with E-state index in [4.69, 9.17) is 24.3 Å². The summed E-state index contributed by atoms with van der Waals surface area (Å²) in [7, 11) is -4.49. The van der Waals surface area contributed by atoms with E-state index in [1.807, 2.05) is 12.1 Å². The van der Waals surface area contributed by atoms with Crippen molar-refractivity contribution < 1.29 is 41.8 Å². The molecule has 15 heteroatoms. The van der Waals surface area contributed by atoms with Crippen LogP contribution in [0.1, 0.15) is 27.0 Å². The number of fused-ring (bicyclic) bond motifs is 1. The van der Waals surface area contributed by atoms with Crippen LogP contribution >= 0.6 is 7.75 Å². The number of anilines is 1. The second kappa shape index (κ2) is 11.6. The predicted octanol–water partition coefficient (Wildman–Crippen LogP) is 3.01. The molecule has 1 aliphatic rings. The van der Waals surface area contributed by atoms with Crippen molar-refractivity contribution >= 4 is 30.3 Å². The first-order valence-corrected chi connectivity index (χ1v) is 13.8. The summed E-state index contributed by atoms with van der Waals surface area (Å²) in [4.78, 5) is 27.9. The lowest BCUT2D eigenvalue weighted by Crippen LogP contribution is -2.42. The van der Waals surface area contributed by atoms with Gasteiger partial charge in [0.25, 0.3) is 0 Å². The number of nitrogens with zero attached hydrogens (tertiary/aromatic N) is 2. The minimum absolute atomic E-state index is 0.0922. The molecule has 0 bridgehead atoms. The van der Waals surface area contributed by atoms with Crippen molar-refractivity contribution in [3.05, 3.63) is 65.2 Å². The Kier molecular flexibility index (Phi) is 8.57. The van der Waals surface area contributed by atoms with Crippen molar-refractivity contribution in [2.45, 2.75) is 57.3 Å². The summed E-state index contributed by atoms with van der Waals surface area (Å²) in [6.45, 7) is 3.75. The van der Waals surface area contributed by atoms with E-state index < -0.39 is 62.5 Å². The molecule has 1 fully saturated rings. The normalized spacial score (nSPS) is 22.6. The van der Waals surface area contributed by atoms with Crippen LogP contribution in [0.4, 0.5) is 14.6 Å². The van der Waals surface area contributed by atoms with Crippen molar-refractivity contribution in [2.75, 3.05) is 12.3 Å². The number of nitrogens with one attached hydrogen (secondary N) is 1. The number of nitrogens with two attached hydrogens (primary N) is 1. The average molecular weight is 582 g/mol. The van der Waals surface area contributed by atoms with Gasteiger partial charge >= 0.3 is 25.3 Å². The molecular weight excluding hydrogens is 553 g/mol. The monoisotopic (exact) mass is 582 g/mol. The fourth-order valence-electron chi connectivity index (χ4n) is 3.96. The molecule has 3 aromatic rings. The zero-order chi connectivity index (χ0) is 29.2. The summed E-state index contributed by atoms with van der Waals surface area (Å²) in [5.74, 6) is -4.82. The molecule has 1 saturated heterocycles. The van der Waals surface area contributed by atoms with Crippen molar-refractivity contribution in [2.24, 2.45) is 0 Å². The molecule has 216 valence electrons. The van der Waals surface area contributed by atoms with Gasteiger partial charge in [0.1, 0.15) is 23.7 Å². The van der Waals surface area contributed by atoms with Gasteiger partial charge in [-0.2, -0.15) is 18.9 Å². The van der Waals surface area contributed by atoms with Crippen LogP contribution in [-0.2, 0) is 23.4 Å². The number of aliphatic hydroxyl groups excluding tert-OH is 1. The lowest BCUT2D eigenvalue weighted by atomic mass is 10.1. The predicted molar refractivity (Wildman–Crippen MR) is 140 cm³/mol. The first-order chi connectivity index (χ1) is 18.8. The van der Waals surface area contributed by atoms with E-state index in [0.717, 1.165) is 23.0 Å². The smallest absolute Gasteiger partial charge is 0.459 e. The summed E-state index contributed by atoms with van der Waals surface area (Å²) < 4.78 is 65.6. The molecule has 0 radical (unpaired) electrons. The zero-order valence-corrected chi connectivity index (χ0v) is 22.7. The van der Waals surface area contributed by atoms with Crippen LogP contribution in [0.3, 0.4) is 0 Å². The van der Waals surface area contributed by atoms with Crippen LogP contribution in [-0.4, -0.2) is 57.5 Å². The molecule has 5 atom stereocenters. The maximum Gasteiger partial charge on any atom is 0.459 e. The van der Waals surface area contributed by atoms with Gasteiger partial charge in [0.15, 0.2) is 6.10 Å². The van der Waals surface area contributed by atoms with Gasteiger partial charge < -0.3 is 24.8 Å². The number of carbonyl (C=O) groups excluding carboxylic acids is 1. The van der Waals surface area contributed by atoms with Crippen molar-refractivity contribution in [3.8, 4) is 5.75 Å². The molecule has 4 rings (SSSR count). The quantitative estimate of drug-likeness (QED) is 0.238. The SMILES string of the molecule is CC(C)OC(=O)[C@H](C)NP(=O)(OC[C@H]1O[C@@H](n2ccc(N)nc2=O)C(F)(F)[C@@H]1O)Oc1ccc2ccccc2c1. The largest absolute Gasteiger partial charge is 0.462 e. The summed E-state index contributed by atoms with van der Waals surface area (Å²) in [5, 5.41) is 14.4. The number of nitrogen functional groups attached to an aromatic ring is 1. The van der Waals surface area contributed by atoms with Gasteiger partial charge in [-0.3, -0.25) is 13.9 Å². The molecule has 40 heavy (non-hydrogen) atoms. The van der Waals surface area contributed by atoms with Crippen LogP contribution in [0.25, 0.3) is 10.8 Å². The Morgan fingerprint density at radius 3 is 2.60 bits per heavy atom. The third-order valence-corrected chi connectivity index (χ3v) is 7.54. The second-order valence-corrected chi connectivity index (χ2v) is 11.1. The van der Waals surface area contributed by atoms with E-state index in [2.05, 4.69) is 10.1 Å². The van der Waals surface area contributed by atoms with Gasteiger partial charge in [0.05, 0.1) is 12.7 Å². The molecule has 0 aliphatic carbocycles. The Labute approximate surface area is 227 Å². The fraction of sp³-hybridized carbons (Fsp3) is 0.400. The third kappa shape index (κ3) is 6.48. The number of alkyl halides is 2. The first-order valence-electron chi connectivity index (χ1n) is 12.3. The Balaban J connectivity index is 1.57. The molecule has 0 amide bonds. The zero-order valence-electron chi connectivity index (χ0n) is 21.8. The first kappa shape index (κ1) is 29.6. The number of ether oxygens (including phenoxy) is 2. The lowest BCUT2D eigenvalue weighted by Gasteiger charge is -2.25. The van der Waals surface area contributed by atoms with E-state index in [1.54, 1.807) is 38.1 Å². The van der Waals surface area contributed by atoms with E-state index in [-0.39, 0.29) is 11.6 Å². The van der Waals surface area contributed by atoms with Crippen molar-refractivity contribution in [1.29, 1.82) is 0 Å². The minimum Gasteiger partial charge on any atom is -0.462 e. The number of halogens is 2. The standard InChI is InChI=1S/C25H29F2N4O8P/c1-14(2)37-22(33)15(3)30-40(35,39-18-9-8-16-6-4-5-7-17(16)12-18)36-13-19-21(32)25(26,27)23(38-19)31-11-10-20(28)29-24(31)34/h4-12,14-15,19,21,23,32H,13H2,1-3H3,(H,30,35)(H2,28,29,34)/t15-,19+,21+,23+,40?/m0/s1. The topological polar surface area (TPSA) is 164 Å². The number of aromatic nitrogens is 2. The third-order valence-electron chi connectivity index (χ3n) is 5.90. The Morgan fingerprint density at radius 1 is 1.23 bits per heavy atom. The second-order valence-electron chi connectivity index (χ2n) is 9.42. The number of esters is 1. The summed E-state index contributed by atoms with van der Waals surface area (Å²) >= 11 is 0. The molecule has 2 heterocycles. The molecule has 12 nitrogen and oxygen atoms in total.